The fraction of sp³-hybridized carbons (Fsp3) is 0.733. The van der Waals surface area contributed by atoms with Gasteiger partial charge >= 0.3 is 0 Å². The minimum absolute atomic E-state index is 0.184. The first-order valence-corrected chi connectivity index (χ1v) is 8.14. The zero-order valence-corrected chi connectivity index (χ0v) is 14.7. The summed E-state index contributed by atoms with van der Waals surface area (Å²) in [5.74, 6) is -1.21. The Bertz CT molecular complexity index is 457. The molecule has 0 fully saturated rings. The van der Waals surface area contributed by atoms with Gasteiger partial charge in [0.15, 0.2) is 5.96 Å². The van der Waals surface area contributed by atoms with E-state index < -0.39 is 36.5 Å². The number of amides is 2. The Balaban J connectivity index is 4.47. The first kappa shape index (κ1) is 22.8. The van der Waals surface area contributed by atoms with Crippen molar-refractivity contribution >= 4 is 24.1 Å². The summed E-state index contributed by atoms with van der Waals surface area (Å²) in [6, 6.07) is -2.87. The third-order valence-corrected chi connectivity index (χ3v) is 3.32. The number of hydrogen-bond donors (Lipinski definition) is 7. The molecule has 0 saturated heterocycles. The van der Waals surface area contributed by atoms with Crippen LogP contribution in [0.2, 0.25) is 0 Å². The molecule has 3 atom stereocenters. The lowest BCUT2D eigenvalue weighted by Crippen LogP contribution is -2.55. The van der Waals surface area contributed by atoms with Crippen LogP contribution >= 0.6 is 0 Å². The van der Waals surface area contributed by atoms with Gasteiger partial charge in [0.2, 0.25) is 18.1 Å². The fourth-order valence-corrected chi connectivity index (χ4v) is 2.05. The number of carbonyl (C=O) groups excluding carboxylic acids is 3. The molecule has 0 aromatic heterocycles. The lowest BCUT2D eigenvalue weighted by molar-refractivity contribution is -0.130. The van der Waals surface area contributed by atoms with Crippen molar-refractivity contribution in [2.24, 2.45) is 17.4 Å². The van der Waals surface area contributed by atoms with Gasteiger partial charge in [0.25, 0.3) is 0 Å². The van der Waals surface area contributed by atoms with E-state index in [1.165, 1.54) is 0 Å². The fourth-order valence-electron chi connectivity index (χ4n) is 2.05. The van der Waals surface area contributed by atoms with E-state index in [4.69, 9.17) is 16.9 Å². The van der Waals surface area contributed by atoms with Crippen LogP contribution in [0, 0.1) is 11.3 Å². The average Bonchev–Trinajstić information content (AvgIpc) is 2.53. The largest absolute Gasteiger partial charge is 0.394 e. The maximum Gasteiger partial charge on any atom is 0.245 e. The van der Waals surface area contributed by atoms with E-state index in [0.717, 1.165) is 0 Å². The summed E-state index contributed by atoms with van der Waals surface area (Å²) >= 11 is 0. The van der Waals surface area contributed by atoms with Gasteiger partial charge in [-0.05, 0) is 25.2 Å². The van der Waals surface area contributed by atoms with E-state index in [1.54, 1.807) is 6.29 Å². The molecule has 25 heavy (non-hydrogen) atoms. The van der Waals surface area contributed by atoms with Crippen molar-refractivity contribution in [3.05, 3.63) is 0 Å². The molecule has 10 nitrogen and oxygen atoms in total. The van der Waals surface area contributed by atoms with E-state index in [-0.39, 0.29) is 18.3 Å². The summed E-state index contributed by atoms with van der Waals surface area (Å²) in [6.07, 6.45) is 2.87. The normalized spacial score (nSPS) is 14.3. The molecule has 3 unspecified atom stereocenters. The Labute approximate surface area is 147 Å². The SMILES string of the molecule is CC(C)CC(N)C(=O)NC(CO)C(=O)NC([C]=O)CCCNC(=N)N. The summed E-state index contributed by atoms with van der Waals surface area (Å²) < 4.78 is 0. The Morgan fingerprint density at radius 2 is 1.88 bits per heavy atom. The molecular formula is C15H29N6O4. The highest BCUT2D eigenvalue weighted by Crippen LogP contribution is 2.03. The Morgan fingerprint density at radius 1 is 1.24 bits per heavy atom. The van der Waals surface area contributed by atoms with Gasteiger partial charge in [-0.1, -0.05) is 13.8 Å². The minimum atomic E-state index is -1.20. The van der Waals surface area contributed by atoms with Crippen LogP contribution in [0.15, 0.2) is 0 Å². The maximum absolute atomic E-state index is 12.1. The van der Waals surface area contributed by atoms with Gasteiger partial charge in [-0.15, -0.1) is 0 Å². The molecule has 9 N–H and O–H groups in total. The summed E-state index contributed by atoms with van der Waals surface area (Å²) in [4.78, 5) is 35.0. The Hall–Kier alpha value is -2.20. The molecule has 0 rings (SSSR count). The smallest absolute Gasteiger partial charge is 0.245 e. The van der Waals surface area contributed by atoms with Gasteiger partial charge in [0.1, 0.15) is 6.04 Å². The number of rotatable bonds is 12. The van der Waals surface area contributed by atoms with Crippen molar-refractivity contribution in [1.29, 1.82) is 5.41 Å². The number of hydrogen-bond acceptors (Lipinski definition) is 6. The van der Waals surface area contributed by atoms with Gasteiger partial charge in [0, 0.05) is 6.54 Å². The van der Waals surface area contributed by atoms with E-state index in [9.17, 15) is 19.5 Å². The summed E-state index contributed by atoms with van der Waals surface area (Å²) in [6.45, 7) is 3.57. The van der Waals surface area contributed by atoms with Gasteiger partial charge in [-0.3, -0.25) is 19.8 Å². The Kier molecular flexibility index (Phi) is 11.1. The monoisotopic (exact) mass is 357 g/mol. The van der Waals surface area contributed by atoms with E-state index in [2.05, 4.69) is 16.0 Å². The molecule has 1 radical (unpaired) electrons. The molecule has 0 heterocycles. The predicted octanol–water partition coefficient (Wildman–Crippen LogP) is -2.31. The highest BCUT2D eigenvalue weighted by Gasteiger charge is 2.25. The van der Waals surface area contributed by atoms with Gasteiger partial charge < -0.3 is 32.5 Å². The number of aliphatic hydroxyl groups excluding tert-OH is 1. The zero-order valence-electron chi connectivity index (χ0n) is 14.7. The summed E-state index contributed by atoms with van der Waals surface area (Å²) in [7, 11) is 0. The first-order valence-electron chi connectivity index (χ1n) is 8.14. The van der Waals surface area contributed by atoms with Crippen LogP contribution in [0.3, 0.4) is 0 Å². The summed E-state index contributed by atoms with van der Waals surface area (Å²) in [5.41, 5.74) is 10.9. The second kappa shape index (κ2) is 12.2. The standard InChI is InChI=1S/C15H29N6O4/c1-9(2)6-11(16)13(24)21-12(8-23)14(25)20-10(7-22)4-3-5-19-15(17)18/h9-12,23H,3-6,8,16H2,1-2H3,(H,20,25)(H,21,24)(H4,17,18,19). The quantitative estimate of drug-likeness (QED) is 0.116. The van der Waals surface area contributed by atoms with Gasteiger partial charge in [0.05, 0.1) is 18.7 Å². The third kappa shape index (κ3) is 10.3. The van der Waals surface area contributed by atoms with E-state index in [0.29, 0.717) is 19.4 Å². The van der Waals surface area contributed by atoms with Gasteiger partial charge in [-0.25, -0.2) is 0 Å². The number of nitrogens with two attached hydrogens (primary N) is 2. The zero-order chi connectivity index (χ0) is 19.4. The number of nitrogens with one attached hydrogen (secondary N) is 4. The Morgan fingerprint density at radius 3 is 2.36 bits per heavy atom. The lowest BCUT2D eigenvalue weighted by Gasteiger charge is -2.21. The van der Waals surface area contributed by atoms with Gasteiger partial charge in [-0.2, -0.15) is 0 Å². The number of guanidine groups is 1. The second-order valence-corrected chi connectivity index (χ2v) is 6.14. The van der Waals surface area contributed by atoms with Crippen molar-refractivity contribution in [2.45, 2.75) is 51.2 Å². The van der Waals surface area contributed by atoms with Crippen LogP contribution in [0.1, 0.15) is 33.1 Å². The first-order chi connectivity index (χ1) is 11.7. The highest BCUT2D eigenvalue weighted by molar-refractivity contribution is 5.90. The van der Waals surface area contributed by atoms with Crippen molar-refractivity contribution in [2.75, 3.05) is 13.2 Å². The lowest BCUT2D eigenvalue weighted by atomic mass is 10.0. The topological polar surface area (TPSA) is 183 Å². The molecule has 0 aliphatic rings. The number of carbonyl (C=O) groups is 2. The van der Waals surface area contributed by atoms with Crippen molar-refractivity contribution in [3.8, 4) is 0 Å². The van der Waals surface area contributed by atoms with Crippen molar-refractivity contribution in [1.82, 2.24) is 16.0 Å². The molecule has 0 aromatic carbocycles. The molecule has 143 valence electrons. The average molecular weight is 357 g/mol. The van der Waals surface area contributed by atoms with Crippen LogP contribution in [0.25, 0.3) is 0 Å². The van der Waals surface area contributed by atoms with Crippen molar-refractivity contribution < 1.29 is 19.5 Å². The van der Waals surface area contributed by atoms with E-state index >= 15 is 0 Å². The molecule has 10 heteroatoms. The van der Waals surface area contributed by atoms with Crippen LogP contribution in [-0.4, -0.2) is 60.4 Å². The van der Waals surface area contributed by atoms with Crippen molar-refractivity contribution in [3.63, 3.8) is 0 Å². The summed E-state index contributed by atoms with van der Waals surface area (Å²) in [5, 5.41) is 23.7. The van der Waals surface area contributed by atoms with E-state index in [1.807, 2.05) is 13.8 Å². The number of aliphatic hydroxyl groups is 1. The predicted molar refractivity (Wildman–Crippen MR) is 93.2 cm³/mol. The van der Waals surface area contributed by atoms with Crippen LogP contribution in [-0.2, 0) is 14.4 Å². The molecule has 0 aliphatic carbocycles. The van der Waals surface area contributed by atoms with Crippen LogP contribution < -0.4 is 27.4 Å². The molecule has 2 amide bonds. The highest BCUT2D eigenvalue weighted by atomic mass is 16.3. The molecule has 0 aromatic rings. The third-order valence-electron chi connectivity index (χ3n) is 3.32. The van der Waals surface area contributed by atoms with Crippen LogP contribution in [0.4, 0.5) is 0 Å². The molecule has 0 saturated carbocycles. The molecule has 0 aliphatic heterocycles. The second-order valence-electron chi connectivity index (χ2n) is 6.14. The van der Waals surface area contributed by atoms with Crippen LogP contribution in [0.5, 0.6) is 0 Å². The maximum atomic E-state index is 12.1. The molecular weight excluding hydrogens is 328 g/mol. The minimum Gasteiger partial charge on any atom is -0.394 e. The molecule has 0 bridgehead atoms. The molecule has 0 spiro atoms.